The Morgan fingerprint density at radius 3 is 2.04 bits per heavy atom. The predicted molar refractivity (Wildman–Crippen MR) is 106 cm³/mol. The molecule has 7 nitrogen and oxygen atoms in total. The molecule has 0 aliphatic rings. The molecule has 0 amide bonds. The summed E-state index contributed by atoms with van der Waals surface area (Å²) >= 11 is 0. The van der Waals surface area contributed by atoms with Gasteiger partial charge in [-0.15, -0.1) is 0 Å². The maximum Gasteiger partial charge on any atom is 0.303 e. The van der Waals surface area contributed by atoms with Gasteiger partial charge in [-0.3, -0.25) is 14.6 Å². The zero-order valence-corrected chi connectivity index (χ0v) is 16.5. The Hall–Kier alpha value is -2.77. The van der Waals surface area contributed by atoms with Crippen LogP contribution in [-0.4, -0.2) is 59.3 Å². The van der Waals surface area contributed by atoms with Crippen LogP contribution in [-0.2, 0) is 19.9 Å². The number of carboxylic acid groups (broad SMARTS) is 2. The summed E-state index contributed by atoms with van der Waals surface area (Å²) in [6.07, 6.45) is 1.22. The van der Waals surface area contributed by atoms with Crippen LogP contribution in [0.3, 0.4) is 0 Å². The van der Waals surface area contributed by atoms with Crippen molar-refractivity contribution in [2.45, 2.75) is 25.4 Å². The molecule has 0 spiro atoms. The molecule has 0 saturated heterocycles. The first kappa shape index (κ1) is 23.3. The van der Waals surface area contributed by atoms with Crippen LogP contribution in [0.4, 0.5) is 0 Å². The summed E-state index contributed by atoms with van der Waals surface area (Å²) in [4.78, 5) is 25.9. The second-order valence-electron chi connectivity index (χ2n) is 6.55. The number of nitrogens with zero attached hydrogens (tertiary/aromatic N) is 2. The molecule has 1 unspecified atom stereocenters. The molecule has 0 aliphatic carbocycles. The van der Waals surface area contributed by atoms with Gasteiger partial charge in [-0.2, -0.15) is 0 Å². The monoisotopic (exact) mass is 388 g/mol. The van der Waals surface area contributed by atoms with Crippen molar-refractivity contribution in [3.8, 4) is 0 Å². The van der Waals surface area contributed by atoms with Crippen LogP contribution in [0.15, 0.2) is 54.7 Å². The smallest absolute Gasteiger partial charge is 0.303 e. The second-order valence-corrected chi connectivity index (χ2v) is 6.55. The van der Waals surface area contributed by atoms with Gasteiger partial charge in [0, 0.05) is 12.7 Å². The molecule has 0 fully saturated rings. The molecule has 2 rings (SSSR count). The van der Waals surface area contributed by atoms with Gasteiger partial charge >= 0.3 is 11.9 Å². The first-order valence-electron chi connectivity index (χ1n) is 8.95. The number of ether oxygens (including phenoxy) is 1. The number of rotatable bonds is 9. The van der Waals surface area contributed by atoms with Crippen LogP contribution in [0, 0.1) is 0 Å². The van der Waals surface area contributed by atoms with Crippen molar-refractivity contribution in [1.82, 2.24) is 9.88 Å². The van der Waals surface area contributed by atoms with E-state index in [-0.39, 0.29) is 12.8 Å². The van der Waals surface area contributed by atoms with Gasteiger partial charge in [0.05, 0.1) is 25.1 Å². The summed E-state index contributed by atoms with van der Waals surface area (Å²) < 4.78 is 6.21. The maximum absolute atomic E-state index is 9.64. The van der Waals surface area contributed by atoms with Crippen LogP contribution in [0.25, 0.3) is 0 Å². The zero-order valence-electron chi connectivity index (χ0n) is 16.5. The average molecular weight is 388 g/mol. The van der Waals surface area contributed by atoms with Crippen molar-refractivity contribution in [2.75, 3.05) is 27.2 Å². The first-order valence-corrected chi connectivity index (χ1v) is 8.95. The number of carboxylic acids is 2. The van der Waals surface area contributed by atoms with Crippen molar-refractivity contribution in [3.05, 3.63) is 66.0 Å². The normalized spacial score (nSPS) is 12.6. The third-order valence-corrected chi connectivity index (χ3v) is 3.96. The molecule has 0 bridgehead atoms. The molecule has 1 atom stereocenters. The number of benzene rings is 1. The van der Waals surface area contributed by atoms with Gasteiger partial charge in [0.1, 0.15) is 5.60 Å². The van der Waals surface area contributed by atoms with Gasteiger partial charge in [0.2, 0.25) is 0 Å². The van der Waals surface area contributed by atoms with Crippen LogP contribution in [0.2, 0.25) is 0 Å². The Bertz CT molecular complexity index is 667. The fourth-order valence-corrected chi connectivity index (χ4v) is 2.35. The van der Waals surface area contributed by atoms with E-state index < -0.39 is 17.5 Å². The Labute approximate surface area is 165 Å². The van der Waals surface area contributed by atoms with E-state index in [4.69, 9.17) is 14.9 Å². The molecule has 28 heavy (non-hydrogen) atoms. The van der Waals surface area contributed by atoms with Crippen molar-refractivity contribution >= 4 is 11.9 Å². The lowest BCUT2D eigenvalue weighted by atomic mass is 9.91. The van der Waals surface area contributed by atoms with Crippen LogP contribution in [0.5, 0.6) is 0 Å². The molecule has 1 aromatic carbocycles. The lowest BCUT2D eigenvalue weighted by molar-refractivity contribution is -0.143. The lowest BCUT2D eigenvalue weighted by Crippen LogP contribution is -2.32. The predicted octanol–water partition coefficient (Wildman–Crippen LogP) is 2.86. The summed E-state index contributed by atoms with van der Waals surface area (Å²) in [6.45, 7) is 3.63. The number of aliphatic carboxylic acids is 2. The Morgan fingerprint density at radius 2 is 1.57 bits per heavy atom. The molecule has 1 aromatic heterocycles. The SMILES string of the molecule is CN(C)CCOC(C)(c1ccccc1)c1ccccn1.O=C(O)CCC(=O)O. The van der Waals surface area contributed by atoms with Crippen molar-refractivity contribution in [2.24, 2.45) is 0 Å². The average Bonchev–Trinajstić information content (AvgIpc) is 2.68. The highest BCUT2D eigenvalue weighted by atomic mass is 16.5. The molecule has 0 saturated carbocycles. The second kappa shape index (κ2) is 11.8. The lowest BCUT2D eigenvalue weighted by Gasteiger charge is -2.30. The molecule has 0 radical (unpaired) electrons. The summed E-state index contributed by atoms with van der Waals surface area (Å²) in [7, 11) is 4.09. The number of hydrogen-bond donors (Lipinski definition) is 2. The summed E-state index contributed by atoms with van der Waals surface area (Å²) in [6, 6.07) is 16.2. The number of likely N-dealkylation sites (N-methyl/N-ethyl adjacent to an activating group) is 1. The van der Waals surface area contributed by atoms with Gasteiger partial charge in [-0.1, -0.05) is 36.4 Å². The number of aromatic nitrogens is 1. The molecule has 1 heterocycles. The van der Waals surface area contributed by atoms with E-state index in [1.54, 1.807) is 0 Å². The van der Waals surface area contributed by atoms with Crippen molar-refractivity contribution in [1.29, 1.82) is 0 Å². The summed E-state index contributed by atoms with van der Waals surface area (Å²) in [5, 5.41) is 15.8. The first-order chi connectivity index (χ1) is 13.3. The van der Waals surface area contributed by atoms with E-state index in [0.717, 1.165) is 17.8 Å². The third-order valence-electron chi connectivity index (χ3n) is 3.96. The highest BCUT2D eigenvalue weighted by Crippen LogP contribution is 2.31. The number of carbonyl (C=O) groups is 2. The summed E-state index contributed by atoms with van der Waals surface area (Å²) in [5.74, 6) is -2.15. The van der Waals surface area contributed by atoms with E-state index in [9.17, 15) is 9.59 Å². The van der Waals surface area contributed by atoms with Gasteiger partial charge in [0.15, 0.2) is 0 Å². The quantitative estimate of drug-likeness (QED) is 0.681. The number of hydrogen-bond acceptors (Lipinski definition) is 5. The molecule has 0 aliphatic heterocycles. The van der Waals surface area contributed by atoms with Gasteiger partial charge in [0.25, 0.3) is 0 Å². The van der Waals surface area contributed by atoms with E-state index in [2.05, 4.69) is 28.9 Å². The zero-order chi connectivity index (χ0) is 21.0. The third kappa shape index (κ3) is 8.28. The van der Waals surface area contributed by atoms with E-state index >= 15 is 0 Å². The van der Waals surface area contributed by atoms with Gasteiger partial charge in [-0.05, 0) is 38.7 Å². The van der Waals surface area contributed by atoms with Crippen LogP contribution >= 0.6 is 0 Å². The molecular weight excluding hydrogens is 360 g/mol. The minimum Gasteiger partial charge on any atom is -0.481 e. The van der Waals surface area contributed by atoms with E-state index in [1.807, 2.05) is 56.7 Å². The topological polar surface area (TPSA) is 100.0 Å². The fourth-order valence-electron chi connectivity index (χ4n) is 2.35. The minimum absolute atomic E-state index is 0.296. The standard InChI is InChI=1S/C17H22N2O.C4H6O4/c1-17(20-14-13-19(2)3,15-9-5-4-6-10-15)16-11-7-8-12-18-16;5-3(6)1-2-4(7)8/h4-12H,13-14H2,1-3H3;1-2H2,(H,5,6)(H,7,8). The molecular formula is C21H28N2O5. The largest absolute Gasteiger partial charge is 0.481 e. The highest BCUT2D eigenvalue weighted by Gasteiger charge is 2.31. The van der Waals surface area contributed by atoms with Crippen LogP contribution in [0.1, 0.15) is 31.0 Å². The van der Waals surface area contributed by atoms with Crippen molar-refractivity contribution < 1.29 is 24.5 Å². The fraction of sp³-hybridized carbons (Fsp3) is 0.381. The Kier molecular flexibility index (Phi) is 9.84. The van der Waals surface area contributed by atoms with Gasteiger partial charge in [-0.25, -0.2) is 0 Å². The highest BCUT2D eigenvalue weighted by molar-refractivity contribution is 5.75. The van der Waals surface area contributed by atoms with Crippen molar-refractivity contribution in [3.63, 3.8) is 0 Å². The molecule has 152 valence electrons. The van der Waals surface area contributed by atoms with E-state index in [1.165, 1.54) is 0 Å². The Balaban J connectivity index is 0.000000416. The van der Waals surface area contributed by atoms with Crippen LogP contribution < -0.4 is 0 Å². The number of pyridine rings is 1. The van der Waals surface area contributed by atoms with Gasteiger partial charge < -0.3 is 19.8 Å². The summed E-state index contributed by atoms with van der Waals surface area (Å²) in [5.41, 5.74) is 1.54. The molecule has 2 N–H and O–H groups in total. The molecule has 7 heteroatoms. The molecule has 2 aromatic rings. The Morgan fingerprint density at radius 1 is 1.00 bits per heavy atom. The maximum atomic E-state index is 9.64. The van der Waals surface area contributed by atoms with E-state index in [0.29, 0.717) is 6.61 Å². The minimum atomic E-state index is -1.08.